The summed E-state index contributed by atoms with van der Waals surface area (Å²) in [5.74, 6) is 0.198. The van der Waals surface area contributed by atoms with E-state index in [4.69, 9.17) is 10.5 Å². The van der Waals surface area contributed by atoms with Gasteiger partial charge in [-0.2, -0.15) is 0 Å². The van der Waals surface area contributed by atoms with Crippen LogP contribution in [0.2, 0.25) is 0 Å². The summed E-state index contributed by atoms with van der Waals surface area (Å²) >= 11 is 0. The van der Waals surface area contributed by atoms with Crippen molar-refractivity contribution >= 4 is 5.97 Å². The van der Waals surface area contributed by atoms with Crippen molar-refractivity contribution in [2.75, 3.05) is 19.7 Å². The largest absolute Gasteiger partial charge is 0.466 e. The maximum absolute atomic E-state index is 11.7. The summed E-state index contributed by atoms with van der Waals surface area (Å²) in [6.45, 7) is 7.14. The molecule has 1 aliphatic rings. The summed E-state index contributed by atoms with van der Waals surface area (Å²) in [6.07, 6.45) is 1.38. The molecule has 2 atom stereocenters. The summed E-state index contributed by atoms with van der Waals surface area (Å²) in [5, 5.41) is 0. The summed E-state index contributed by atoms with van der Waals surface area (Å²) in [7, 11) is 0. The van der Waals surface area contributed by atoms with Gasteiger partial charge in [-0.05, 0) is 37.3 Å². The maximum Gasteiger partial charge on any atom is 0.306 e. The number of carbonyl (C=O) groups is 1. The number of benzene rings is 1. The zero-order valence-electron chi connectivity index (χ0n) is 13.0. The third-order valence-corrected chi connectivity index (χ3v) is 4.06. The summed E-state index contributed by atoms with van der Waals surface area (Å²) in [6, 6.07) is 8.57. The highest BCUT2D eigenvalue weighted by Gasteiger charge is 2.27. The number of esters is 1. The van der Waals surface area contributed by atoms with Crippen LogP contribution in [0.5, 0.6) is 0 Å². The molecule has 2 unspecified atom stereocenters. The first-order chi connectivity index (χ1) is 10.1. The van der Waals surface area contributed by atoms with Gasteiger partial charge in [-0.15, -0.1) is 0 Å². The fourth-order valence-corrected chi connectivity index (χ4v) is 3.11. The summed E-state index contributed by atoms with van der Waals surface area (Å²) in [4.78, 5) is 14.0. The molecule has 1 aromatic rings. The summed E-state index contributed by atoms with van der Waals surface area (Å²) < 4.78 is 5.05. The molecule has 2 N–H and O–H groups in total. The Labute approximate surface area is 127 Å². The van der Waals surface area contributed by atoms with Crippen LogP contribution in [-0.4, -0.2) is 36.6 Å². The minimum Gasteiger partial charge on any atom is -0.466 e. The number of piperidine rings is 1. The number of likely N-dealkylation sites (tertiary alicyclic amines) is 1. The number of hydrogen-bond acceptors (Lipinski definition) is 4. The van der Waals surface area contributed by atoms with Gasteiger partial charge in [-0.25, -0.2) is 0 Å². The lowest BCUT2D eigenvalue weighted by molar-refractivity contribution is -0.144. The van der Waals surface area contributed by atoms with E-state index in [-0.39, 0.29) is 12.0 Å². The van der Waals surface area contributed by atoms with Crippen molar-refractivity contribution in [1.29, 1.82) is 0 Å². The van der Waals surface area contributed by atoms with Gasteiger partial charge < -0.3 is 10.5 Å². The molecule has 0 saturated carbocycles. The molecule has 0 radical (unpaired) electrons. The standard InChI is InChI=1S/C17H26N2O2/c1-3-21-17(20)9-14-8-16(18)12-19(10-14)11-15-7-5-4-6-13(15)2/h4-7,14,16H,3,8-12,18H2,1-2H3. The molecule has 1 heterocycles. The molecule has 0 aromatic heterocycles. The van der Waals surface area contributed by atoms with Crippen molar-refractivity contribution in [3.63, 3.8) is 0 Å². The average Bonchev–Trinajstić information content (AvgIpc) is 2.41. The number of carbonyl (C=O) groups excluding carboxylic acids is 1. The SMILES string of the molecule is CCOC(=O)CC1CC(N)CN(Cc2ccccc2C)C1. The Morgan fingerprint density at radius 2 is 2.14 bits per heavy atom. The lowest BCUT2D eigenvalue weighted by atomic mass is 9.91. The highest BCUT2D eigenvalue weighted by atomic mass is 16.5. The highest BCUT2D eigenvalue weighted by molar-refractivity contribution is 5.69. The zero-order chi connectivity index (χ0) is 15.2. The van der Waals surface area contributed by atoms with Crippen LogP contribution in [0.4, 0.5) is 0 Å². The second-order valence-electron chi connectivity index (χ2n) is 5.99. The highest BCUT2D eigenvalue weighted by Crippen LogP contribution is 2.22. The number of nitrogens with two attached hydrogens (primary N) is 1. The minimum atomic E-state index is -0.104. The van der Waals surface area contributed by atoms with E-state index in [0.29, 0.717) is 18.9 Å². The zero-order valence-corrected chi connectivity index (χ0v) is 13.0. The van der Waals surface area contributed by atoms with Gasteiger partial charge in [0, 0.05) is 32.1 Å². The molecule has 1 aliphatic heterocycles. The van der Waals surface area contributed by atoms with Gasteiger partial charge in [0.2, 0.25) is 0 Å². The van der Waals surface area contributed by atoms with Gasteiger partial charge in [0.25, 0.3) is 0 Å². The number of aryl methyl sites for hydroxylation is 1. The average molecular weight is 290 g/mol. The Morgan fingerprint density at radius 3 is 2.86 bits per heavy atom. The Morgan fingerprint density at radius 1 is 1.38 bits per heavy atom. The van der Waals surface area contributed by atoms with Crippen LogP contribution < -0.4 is 5.73 Å². The first kappa shape index (κ1) is 16.0. The molecule has 0 aliphatic carbocycles. The van der Waals surface area contributed by atoms with Gasteiger partial charge in [0.15, 0.2) is 0 Å². The third-order valence-electron chi connectivity index (χ3n) is 4.06. The number of hydrogen-bond donors (Lipinski definition) is 1. The van der Waals surface area contributed by atoms with Crippen molar-refractivity contribution < 1.29 is 9.53 Å². The normalized spacial score (nSPS) is 23.0. The van der Waals surface area contributed by atoms with E-state index in [9.17, 15) is 4.79 Å². The molecule has 116 valence electrons. The molecular weight excluding hydrogens is 264 g/mol. The van der Waals surface area contributed by atoms with E-state index >= 15 is 0 Å². The quantitative estimate of drug-likeness (QED) is 0.844. The van der Waals surface area contributed by atoms with Crippen molar-refractivity contribution in [2.24, 2.45) is 11.7 Å². The molecule has 21 heavy (non-hydrogen) atoms. The van der Waals surface area contributed by atoms with Crippen molar-refractivity contribution in [3.05, 3.63) is 35.4 Å². The first-order valence-corrected chi connectivity index (χ1v) is 7.76. The van der Waals surface area contributed by atoms with E-state index in [0.717, 1.165) is 26.1 Å². The fourth-order valence-electron chi connectivity index (χ4n) is 3.11. The second-order valence-corrected chi connectivity index (χ2v) is 5.99. The molecule has 2 rings (SSSR count). The predicted octanol–water partition coefficient (Wildman–Crippen LogP) is 2.10. The van der Waals surface area contributed by atoms with Crippen LogP contribution in [0.3, 0.4) is 0 Å². The molecule has 0 amide bonds. The number of rotatable bonds is 5. The van der Waals surface area contributed by atoms with E-state index in [1.165, 1.54) is 11.1 Å². The Balaban J connectivity index is 1.94. The van der Waals surface area contributed by atoms with Crippen molar-refractivity contribution in [3.8, 4) is 0 Å². The smallest absolute Gasteiger partial charge is 0.306 e. The van der Waals surface area contributed by atoms with Gasteiger partial charge in [-0.1, -0.05) is 24.3 Å². The molecular formula is C17H26N2O2. The van der Waals surface area contributed by atoms with Gasteiger partial charge in [0.1, 0.15) is 0 Å². The van der Waals surface area contributed by atoms with E-state index in [2.05, 4.69) is 36.1 Å². The van der Waals surface area contributed by atoms with E-state index in [1.54, 1.807) is 0 Å². The maximum atomic E-state index is 11.7. The molecule has 4 nitrogen and oxygen atoms in total. The van der Waals surface area contributed by atoms with E-state index in [1.807, 2.05) is 6.92 Å². The monoisotopic (exact) mass is 290 g/mol. The molecule has 4 heteroatoms. The van der Waals surface area contributed by atoms with Crippen LogP contribution >= 0.6 is 0 Å². The first-order valence-electron chi connectivity index (χ1n) is 7.76. The molecule has 0 spiro atoms. The molecule has 0 bridgehead atoms. The van der Waals surface area contributed by atoms with Crippen LogP contribution in [0.25, 0.3) is 0 Å². The molecule has 1 saturated heterocycles. The Kier molecular flexibility index (Phi) is 5.76. The number of nitrogens with zero attached hydrogens (tertiary/aromatic N) is 1. The van der Waals surface area contributed by atoms with Crippen molar-refractivity contribution in [1.82, 2.24) is 4.90 Å². The third kappa shape index (κ3) is 4.83. The topological polar surface area (TPSA) is 55.6 Å². The second kappa shape index (κ2) is 7.57. The Hall–Kier alpha value is -1.39. The van der Waals surface area contributed by atoms with Gasteiger partial charge in [-0.3, -0.25) is 9.69 Å². The summed E-state index contributed by atoms with van der Waals surface area (Å²) in [5.41, 5.74) is 8.80. The fraction of sp³-hybridized carbons (Fsp3) is 0.588. The van der Waals surface area contributed by atoms with Crippen LogP contribution in [0, 0.1) is 12.8 Å². The minimum absolute atomic E-state index is 0.104. The van der Waals surface area contributed by atoms with Crippen LogP contribution in [-0.2, 0) is 16.1 Å². The van der Waals surface area contributed by atoms with Crippen LogP contribution in [0.1, 0.15) is 30.9 Å². The van der Waals surface area contributed by atoms with Gasteiger partial charge in [0.05, 0.1) is 6.61 Å². The Bertz CT molecular complexity index is 476. The van der Waals surface area contributed by atoms with Crippen molar-refractivity contribution in [2.45, 2.75) is 39.3 Å². The molecule has 1 fully saturated rings. The van der Waals surface area contributed by atoms with Crippen LogP contribution in [0.15, 0.2) is 24.3 Å². The lowest BCUT2D eigenvalue weighted by Crippen LogP contribution is -2.47. The lowest BCUT2D eigenvalue weighted by Gasteiger charge is -2.36. The number of ether oxygens (including phenoxy) is 1. The van der Waals surface area contributed by atoms with Gasteiger partial charge >= 0.3 is 5.97 Å². The predicted molar refractivity (Wildman–Crippen MR) is 83.8 cm³/mol. The molecule has 1 aromatic carbocycles. The van der Waals surface area contributed by atoms with E-state index < -0.39 is 0 Å².